The normalized spacial score (nSPS) is 15.5. The van der Waals surface area contributed by atoms with Crippen LogP contribution >= 0.6 is 0 Å². The molecule has 4 amide bonds. The molecule has 1 heterocycles. The lowest BCUT2D eigenvalue weighted by Gasteiger charge is -2.35. The number of benzene rings is 1. The quantitative estimate of drug-likeness (QED) is 0.186. The number of hydrogen-bond donors (Lipinski definition) is 5. The van der Waals surface area contributed by atoms with Crippen molar-refractivity contribution in [3.8, 4) is 11.1 Å². The Morgan fingerprint density at radius 1 is 0.939 bits per heavy atom. The van der Waals surface area contributed by atoms with Crippen LogP contribution in [0.15, 0.2) is 36.7 Å². The lowest BCUT2D eigenvalue weighted by molar-refractivity contribution is -0.220. The number of hydrazine groups is 1. The van der Waals surface area contributed by atoms with Crippen molar-refractivity contribution in [2.75, 3.05) is 27.3 Å². The van der Waals surface area contributed by atoms with Gasteiger partial charge >= 0.3 is 18.4 Å². The summed E-state index contributed by atoms with van der Waals surface area (Å²) in [7, 11) is 2.10. The molecule has 1 aromatic heterocycles. The van der Waals surface area contributed by atoms with Gasteiger partial charge in [0.25, 0.3) is 5.91 Å². The van der Waals surface area contributed by atoms with E-state index in [1.807, 2.05) is 40.5 Å². The molecule has 0 radical (unpaired) electrons. The third-order valence-corrected chi connectivity index (χ3v) is 8.13. The molecule has 1 unspecified atom stereocenters. The molecule has 1 saturated carbocycles. The second-order valence-electron chi connectivity index (χ2n) is 13.6. The predicted molar refractivity (Wildman–Crippen MR) is 171 cm³/mol. The number of nitrogens with zero attached hydrogens (tertiary/aromatic N) is 3. The summed E-state index contributed by atoms with van der Waals surface area (Å²) >= 11 is 0. The Balaban J connectivity index is 1.78. The molecule has 5 N–H and O–H groups in total. The molecule has 3 atom stereocenters. The van der Waals surface area contributed by atoms with E-state index in [0.29, 0.717) is 6.04 Å². The molecule has 1 aliphatic carbocycles. The summed E-state index contributed by atoms with van der Waals surface area (Å²) in [5, 5.41) is 23.4. The van der Waals surface area contributed by atoms with Crippen molar-refractivity contribution in [1.29, 1.82) is 0 Å². The fourth-order valence-electron chi connectivity index (χ4n) is 4.82. The van der Waals surface area contributed by atoms with E-state index >= 15 is 0 Å². The first kappa shape index (κ1) is 39.1. The van der Waals surface area contributed by atoms with E-state index in [0.717, 1.165) is 57.6 Å². The van der Waals surface area contributed by atoms with Crippen molar-refractivity contribution in [2.24, 2.45) is 10.8 Å². The second-order valence-corrected chi connectivity index (χ2v) is 13.6. The van der Waals surface area contributed by atoms with Crippen molar-refractivity contribution < 1.29 is 46.9 Å². The van der Waals surface area contributed by atoms with E-state index in [2.05, 4.69) is 30.6 Å². The number of alkyl halides is 3. The number of halogens is 3. The largest absolute Gasteiger partial charge is 0.453 e. The van der Waals surface area contributed by atoms with E-state index in [1.54, 1.807) is 27.0 Å². The fraction of sp³-hybridized carbons (Fsp3) is 0.594. The van der Waals surface area contributed by atoms with Gasteiger partial charge < -0.3 is 30.5 Å². The van der Waals surface area contributed by atoms with Gasteiger partial charge in [-0.2, -0.15) is 18.3 Å². The zero-order valence-electron chi connectivity index (χ0n) is 28.7. The number of carbonyl (C=O) groups is 4. The van der Waals surface area contributed by atoms with Crippen LogP contribution in [0, 0.1) is 10.8 Å². The standard InChI is InChI=1S/C32H46F3N7O7/c1-30(2,3)24(38-28(46)48-6)27(45)40-41(16-19-8-10-20(11-9-19)21-14-37-42(17-21)22-12-13-22)18-23(43)15-36-26(44)25(39-29(47)49-7)31(4,5)32(33,34)35/h8-11,14,17,22-25,43H,12-13,15-16,18H2,1-7H3,(H,36,44)(H,38,46)(H,39,47)(H,40,45)/t23-,24-,25?/m1/s1. The van der Waals surface area contributed by atoms with Crippen molar-refractivity contribution in [2.45, 2.75) is 84.4 Å². The van der Waals surface area contributed by atoms with Gasteiger partial charge in [0.05, 0.1) is 38.0 Å². The maximum absolute atomic E-state index is 13.8. The molecule has 0 bridgehead atoms. The van der Waals surface area contributed by atoms with Crippen LogP contribution in [0.4, 0.5) is 22.8 Å². The van der Waals surface area contributed by atoms with Gasteiger partial charge in [-0.1, -0.05) is 45.0 Å². The van der Waals surface area contributed by atoms with E-state index in [9.17, 15) is 37.5 Å². The molecule has 272 valence electrons. The average molecular weight is 698 g/mol. The number of methoxy groups -OCH3 is 2. The highest BCUT2D eigenvalue weighted by atomic mass is 19.4. The van der Waals surface area contributed by atoms with Crippen LogP contribution in [-0.2, 0) is 25.6 Å². The number of amides is 4. The van der Waals surface area contributed by atoms with Crippen LogP contribution in [-0.4, -0.2) is 95.6 Å². The zero-order chi connectivity index (χ0) is 36.7. The lowest BCUT2D eigenvalue weighted by atomic mass is 9.83. The molecule has 1 fully saturated rings. The van der Waals surface area contributed by atoms with Gasteiger partial charge in [0.15, 0.2) is 0 Å². The van der Waals surface area contributed by atoms with Crippen LogP contribution in [0.1, 0.15) is 59.1 Å². The molecule has 0 aliphatic heterocycles. The Kier molecular flexibility index (Phi) is 12.7. The predicted octanol–water partition coefficient (Wildman–Crippen LogP) is 3.28. The molecule has 2 aromatic rings. The number of nitrogens with one attached hydrogen (secondary N) is 4. The Morgan fingerprint density at radius 3 is 2.02 bits per heavy atom. The molecular formula is C32H46F3N7O7. The van der Waals surface area contributed by atoms with Crippen molar-refractivity contribution in [1.82, 2.24) is 36.2 Å². The summed E-state index contributed by atoms with van der Waals surface area (Å²) in [6, 6.07) is 4.69. The average Bonchev–Trinajstić information content (AvgIpc) is 3.76. The zero-order valence-corrected chi connectivity index (χ0v) is 28.7. The lowest BCUT2D eigenvalue weighted by Crippen LogP contribution is -2.60. The van der Waals surface area contributed by atoms with Gasteiger partial charge in [-0.05, 0) is 43.2 Å². The maximum Gasteiger partial charge on any atom is 0.407 e. The van der Waals surface area contributed by atoms with Crippen LogP contribution in [0.25, 0.3) is 11.1 Å². The van der Waals surface area contributed by atoms with Crippen LogP contribution < -0.4 is 21.4 Å². The van der Waals surface area contributed by atoms with Gasteiger partial charge in [-0.15, -0.1) is 0 Å². The first-order chi connectivity index (χ1) is 22.8. The number of aliphatic hydroxyl groups is 1. The van der Waals surface area contributed by atoms with Gasteiger partial charge in [0.1, 0.15) is 12.1 Å². The number of aromatic nitrogens is 2. The highest BCUT2D eigenvalue weighted by Crippen LogP contribution is 2.40. The molecule has 17 heteroatoms. The van der Waals surface area contributed by atoms with E-state index in [4.69, 9.17) is 0 Å². The number of ether oxygens (including phenoxy) is 2. The molecule has 49 heavy (non-hydrogen) atoms. The Bertz CT molecular complexity index is 1450. The number of aliphatic hydroxyl groups excluding tert-OH is 1. The smallest absolute Gasteiger partial charge is 0.407 e. The molecule has 0 spiro atoms. The second kappa shape index (κ2) is 15.9. The molecule has 1 aliphatic rings. The van der Waals surface area contributed by atoms with Crippen molar-refractivity contribution in [3.63, 3.8) is 0 Å². The third kappa shape index (κ3) is 10.8. The maximum atomic E-state index is 13.8. The summed E-state index contributed by atoms with van der Waals surface area (Å²) in [5.41, 5.74) is 1.81. The third-order valence-electron chi connectivity index (χ3n) is 8.13. The fourth-order valence-corrected chi connectivity index (χ4v) is 4.82. The summed E-state index contributed by atoms with van der Waals surface area (Å²) in [6.45, 7) is 5.91. The number of rotatable bonds is 14. The SMILES string of the molecule is COC(=O)NC(C(=O)NC[C@@H](O)CN(Cc1ccc(-c2cnn(C3CC3)c2)cc1)NC(=O)[C@@H](NC(=O)OC)C(C)(C)C)C(C)(C)C(F)(F)F. The highest BCUT2D eigenvalue weighted by molar-refractivity contribution is 5.87. The Hall–Kier alpha value is -4.38. The molecule has 1 aromatic carbocycles. The summed E-state index contributed by atoms with van der Waals surface area (Å²) in [4.78, 5) is 50.2. The van der Waals surface area contributed by atoms with Gasteiger partial charge in [0, 0.05) is 31.4 Å². The summed E-state index contributed by atoms with van der Waals surface area (Å²) in [5.74, 6) is -1.84. The van der Waals surface area contributed by atoms with Crippen LogP contribution in [0.5, 0.6) is 0 Å². The minimum Gasteiger partial charge on any atom is -0.453 e. The monoisotopic (exact) mass is 697 g/mol. The van der Waals surface area contributed by atoms with Gasteiger partial charge in [-0.3, -0.25) is 19.7 Å². The molecule has 0 saturated heterocycles. The van der Waals surface area contributed by atoms with Gasteiger partial charge in [0.2, 0.25) is 5.91 Å². The Labute approximate surface area is 283 Å². The minimum atomic E-state index is -4.88. The highest BCUT2D eigenvalue weighted by Gasteiger charge is 2.55. The number of carbonyl (C=O) groups excluding carboxylic acids is 4. The number of alkyl carbamates (subject to hydrolysis) is 2. The van der Waals surface area contributed by atoms with Gasteiger partial charge in [-0.25, -0.2) is 14.6 Å². The summed E-state index contributed by atoms with van der Waals surface area (Å²) < 4.78 is 52.4. The minimum absolute atomic E-state index is 0.0566. The molecular weight excluding hydrogens is 651 g/mol. The first-order valence-electron chi connectivity index (χ1n) is 15.7. The van der Waals surface area contributed by atoms with Crippen molar-refractivity contribution in [3.05, 3.63) is 42.2 Å². The summed E-state index contributed by atoms with van der Waals surface area (Å²) in [6.07, 6.45) is -2.42. The molecule has 3 rings (SSSR count). The Morgan fingerprint density at radius 2 is 1.51 bits per heavy atom. The van der Waals surface area contributed by atoms with Crippen LogP contribution in [0.2, 0.25) is 0 Å². The number of hydrogen-bond acceptors (Lipinski definition) is 9. The van der Waals surface area contributed by atoms with E-state index < -0.39 is 65.7 Å². The van der Waals surface area contributed by atoms with Crippen molar-refractivity contribution >= 4 is 24.0 Å². The van der Waals surface area contributed by atoms with Crippen LogP contribution in [0.3, 0.4) is 0 Å². The van der Waals surface area contributed by atoms with E-state index in [-0.39, 0.29) is 13.1 Å². The molecule has 14 nitrogen and oxygen atoms in total. The van der Waals surface area contributed by atoms with E-state index in [1.165, 1.54) is 5.01 Å². The first-order valence-corrected chi connectivity index (χ1v) is 15.7. The topological polar surface area (TPSA) is 176 Å².